The number of hydrogen-bond acceptors (Lipinski definition) is 3. The lowest BCUT2D eigenvalue weighted by Crippen LogP contribution is -2.15. The maximum atomic E-state index is 12.0. The monoisotopic (exact) mass is 355 g/mol. The van der Waals surface area contributed by atoms with Crippen molar-refractivity contribution in [2.24, 2.45) is 0 Å². The van der Waals surface area contributed by atoms with E-state index in [0.717, 1.165) is 30.5 Å². The summed E-state index contributed by atoms with van der Waals surface area (Å²) < 4.78 is 24.1. The number of benzene rings is 2. The molecule has 0 amide bonds. The zero-order chi connectivity index (χ0) is 18.0. The van der Waals surface area contributed by atoms with Crippen molar-refractivity contribution < 1.29 is 8.42 Å². The first-order valence-electron chi connectivity index (χ1n) is 8.62. The molecule has 2 aromatic rings. The molecule has 0 radical (unpaired) electrons. The van der Waals surface area contributed by atoms with Crippen LogP contribution in [0.25, 0.3) is 12.2 Å². The molecule has 0 spiro atoms. The molecule has 0 saturated heterocycles. The van der Waals surface area contributed by atoms with Crippen LogP contribution in [0.5, 0.6) is 0 Å². The summed E-state index contributed by atoms with van der Waals surface area (Å²) in [4.78, 5) is 2.59. The summed E-state index contributed by atoms with van der Waals surface area (Å²) in [6, 6.07) is 13.9. The largest absolute Gasteiger partial charge is 0.309 e. The lowest BCUT2D eigenvalue weighted by molar-refractivity contribution is 0.389. The Hall–Kier alpha value is -1.91. The van der Waals surface area contributed by atoms with Crippen LogP contribution in [0.1, 0.15) is 41.0 Å². The van der Waals surface area contributed by atoms with E-state index < -0.39 is 9.84 Å². The first kappa shape index (κ1) is 17.9. The van der Waals surface area contributed by atoms with Crippen LogP contribution in [-0.4, -0.2) is 40.2 Å². The number of sulfone groups is 1. The molecule has 1 aliphatic carbocycles. The van der Waals surface area contributed by atoms with Gasteiger partial charge in [-0.15, -0.1) is 0 Å². The van der Waals surface area contributed by atoms with Gasteiger partial charge in [0, 0.05) is 12.2 Å². The fourth-order valence-electron chi connectivity index (χ4n) is 3.49. The minimum Gasteiger partial charge on any atom is -0.309 e. The summed E-state index contributed by atoms with van der Waals surface area (Å²) in [7, 11) is 0.948. The Balaban J connectivity index is 2.09. The van der Waals surface area contributed by atoms with Gasteiger partial charge in [0.05, 0.1) is 4.90 Å². The Morgan fingerprint density at radius 2 is 1.64 bits per heavy atom. The van der Waals surface area contributed by atoms with Crippen molar-refractivity contribution in [3.05, 3.63) is 64.7 Å². The van der Waals surface area contributed by atoms with Gasteiger partial charge in [-0.25, -0.2) is 8.42 Å². The summed E-state index contributed by atoms with van der Waals surface area (Å²) >= 11 is 0. The lowest BCUT2D eigenvalue weighted by Gasteiger charge is -2.22. The predicted octanol–water partition coefficient (Wildman–Crippen LogP) is 4.05. The number of nitrogens with zero attached hydrogens (tertiary/aromatic N) is 1. The average Bonchev–Trinajstić information content (AvgIpc) is 2.71. The van der Waals surface area contributed by atoms with E-state index >= 15 is 0 Å². The summed E-state index contributed by atoms with van der Waals surface area (Å²) in [5, 5.41) is 0. The van der Waals surface area contributed by atoms with Crippen molar-refractivity contribution in [2.45, 2.75) is 23.7 Å². The predicted molar refractivity (Wildman–Crippen MR) is 105 cm³/mol. The van der Waals surface area contributed by atoms with Crippen molar-refractivity contribution in [3.63, 3.8) is 0 Å². The Bertz CT molecular complexity index is 898. The smallest absolute Gasteiger partial charge is 0.175 e. The van der Waals surface area contributed by atoms with Crippen LogP contribution >= 0.6 is 0 Å². The summed E-state index contributed by atoms with van der Waals surface area (Å²) in [6.07, 6.45) is 7.58. The maximum absolute atomic E-state index is 12.0. The molecule has 1 atom stereocenters. The van der Waals surface area contributed by atoms with Crippen molar-refractivity contribution in [3.8, 4) is 0 Å². The second-order valence-corrected chi connectivity index (χ2v) is 9.04. The normalized spacial score (nSPS) is 16.4. The average molecular weight is 356 g/mol. The Morgan fingerprint density at radius 1 is 0.960 bits per heavy atom. The molecule has 2 aromatic carbocycles. The van der Waals surface area contributed by atoms with Gasteiger partial charge in [0.25, 0.3) is 0 Å². The third-order valence-corrected chi connectivity index (χ3v) is 5.88. The highest BCUT2D eigenvalue weighted by atomic mass is 32.2. The van der Waals surface area contributed by atoms with Crippen LogP contribution < -0.4 is 0 Å². The molecule has 3 rings (SSSR count). The number of rotatable bonds is 5. The highest BCUT2D eigenvalue weighted by Crippen LogP contribution is 2.38. The molecule has 0 aliphatic heterocycles. The van der Waals surface area contributed by atoms with Gasteiger partial charge in [0.15, 0.2) is 9.84 Å². The highest BCUT2D eigenvalue weighted by molar-refractivity contribution is 7.90. The topological polar surface area (TPSA) is 37.4 Å². The van der Waals surface area contributed by atoms with Crippen LogP contribution in [-0.2, 0) is 9.84 Å². The lowest BCUT2D eigenvalue weighted by atomic mass is 9.84. The van der Waals surface area contributed by atoms with Crippen molar-refractivity contribution in [1.29, 1.82) is 0 Å². The maximum Gasteiger partial charge on any atom is 0.175 e. The second kappa shape index (κ2) is 7.14. The van der Waals surface area contributed by atoms with E-state index in [-0.39, 0.29) is 5.92 Å². The summed E-state index contributed by atoms with van der Waals surface area (Å²) in [5.74, 6) is 0.211. The minimum atomic E-state index is -3.22. The molecule has 4 heteroatoms. The molecular weight excluding hydrogens is 330 g/mol. The molecule has 3 nitrogen and oxygen atoms in total. The van der Waals surface area contributed by atoms with Crippen LogP contribution in [0.15, 0.2) is 47.4 Å². The van der Waals surface area contributed by atoms with Crippen LogP contribution in [0.2, 0.25) is 0 Å². The summed E-state index contributed by atoms with van der Waals surface area (Å²) in [5.41, 5.74) is 4.72. The van der Waals surface area contributed by atoms with Crippen LogP contribution in [0.4, 0.5) is 0 Å². The number of hydrogen-bond donors (Lipinski definition) is 0. The fraction of sp³-hybridized carbons (Fsp3) is 0.333. The second-order valence-electron chi connectivity index (χ2n) is 7.02. The molecule has 0 fully saturated rings. The van der Waals surface area contributed by atoms with E-state index in [4.69, 9.17) is 0 Å². The molecule has 0 heterocycles. The fourth-order valence-corrected chi connectivity index (χ4v) is 4.14. The molecule has 0 N–H and O–H groups in total. The van der Waals surface area contributed by atoms with Gasteiger partial charge < -0.3 is 4.90 Å². The Labute approximate surface area is 150 Å². The molecule has 0 bridgehead atoms. The van der Waals surface area contributed by atoms with E-state index in [2.05, 4.69) is 55.4 Å². The van der Waals surface area contributed by atoms with E-state index in [1.54, 1.807) is 6.07 Å². The van der Waals surface area contributed by atoms with Gasteiger partial charge in [-0.2, -0.15) is 0 Å². The SMILES string of the molecule is CN(C)CCCC1c2ccccc2C=Cc2ccc(S(C)(=O)=O)cc21. The molecule has 1 aliphatic rings. The van der Waals surface area contributed by atoms with Gasteiger partial charge in [0.1, 0.15) is 0 Å². The first-order chi connectivity index (χ1) is 11.9. The van der Waals surface area contributed by atoms with Gasteiger partial charge in [-0.3, -0.25) is 0 Å². The van der Waals surface area contributed by atoms with Gasteiger partial charge in [0.2, 0.25) is 0 Å². The van der Waals surface area contributed by atoms with Crippen molar-refractivity contribution >= 4 is 22.0 Å². The Kier molecular flexibility index (Phi) is 5.11. The number of fused-ring (bicyclic) bond motifs is 2. The van der Waals surface area contributed by atoms with Crippen LogP contribution in [0.3, 0.4) is 0 Å². The van der Waals surface area contributed by atoms with E-state index in [0.29, 0.717) is 4.90 Å². The van der Waals surface area contributed by atoms with Crippen LogP contribution in [0, 0.1) is 0 Å². The summed E-state index contributed by atoms with van der Waals surface area (Å²) in [6.45, 7) is 1.02. The first-order valence-corrected chi connectivity index (χ1v) is 10.5. The molecule has 0 aromatic heterocycles. The molecule has 0 saturated carbocycles. The van der Waals surface area contributed by atoms with E-state index in [1.165, 1.54) is 17.4 Å². The van der Waals surface area contributed by atoms with Crippen molar-refractivity contribution in [2.75, 3.05) is 26.9 Å². The zero-order valence-electron chi connectivity index (χ0n) is 15.1. The van der Waals surface area contributed by atoms with Gasteiger partial charge >= 0.3 is 0 Å². The standard InChI is InChI=1S/C21H25NO2S/c1-22(2)14-6-9-20-19-8-5-4-7-16(19)10-11-17-12-13-18(15-21(17)20)25(3,23)24/h4-5,7-8,10-13,15,20H,6,9,14H2,1-3H3. The minimum absolute atomic E-state index is 0.211. The molecule has 132 valence electrons. The Morgan fingerprint density at radius 3 is 2.32 bits per heavy atom. The van der Waals surface area contributed by atoms with Crippen molar-refractivity contribution in [1.82, 2.24) is 4.90 Å². The third-order valence-electron chi connectivity index (χ3n) is 4.77. The molecule has 1 unspecified atom stereocenters. The van der Waals surface area contributed by atoms with Gasteiger partial charge in [-0.05, 0) is 67.9 Å². The third kappa shape index (κ3) is 4.02. The van der Waals surface area contributed by atoms with Gasteiger partial charge in [-0.1, -0.05) is 42.5 Å². The highest BCUT2D eigenvalue weighted by Gasteiger charge is 2.23. The molecular formula is C21H25NO2S. The van der Waals surface area contributed by atoms with E-state index in [9.17, 15) is 8.42 Å². The molecule has 25 heavy (non-hydrogen) atoms. The zero-order valence-corrected chi connectivity index (χ0v) is 15.9. The van der Waals surface area contributed by atoms with E-state index in [1.807, 2.05) is 12.1 Å². The quantitative estimate of drug-likeness (QED) is 0.812.